The van der Waals surface area contributed by atoms with Gasteiger partial charge in [-0.2, -0.15) is 10.1 Å². The normalized spacial score (nSPS) is 14.8. The van der Waals surface area contributed by atoms with Gasteiger partial charge in [0.25, 0.3) is 0 Å². The Morgan fingerprint density at radius 2 is 1.92 bits per heavy atom. The van der Waals surface area contributed by atoms with Crippen molar-refractivity contribution in [3.8, 4) is 0 Å². The van der Waals surface area contributed by atoms with E-state index >= 15 is 0 Å². The molecule has 4 aromatic rings. The molecule has 1 fully saturated rings. The maximum Gasteiger partial charge on any atom is 0.228 e. The number of H-pyrrole nitrogens is 1. The Hall–Kier alpha value is -3.19. The molecule has 2 N–H and O–H groups in total. The van der Waals surface area contributed by atoms with Crippen molar-refractivity contribution >= 4 is 39.3 Å². The second-order valence-corrected chi connectivity index (χ2v) is 6.29. The molecule has 1 saturated heterocycles. The number of aromatic amines is 1. The monoisotopic (exact) mass is 346 g/mol. The van der Waals surface area contributed by atoms with E-state index in [9.17, 15) is 0 Å². The first-order valence-electron chi connectivity index (χ1n) is 8.66. The fourth-order valence-electron chi connectivity index (χ4n) is 3.22. The van der Waals surface area contributed by atoms with Gasteiger partial charge in [0, 0.05) is 29.5 Å². The van der Waals surface area contributed by atoms with Crippen LogP contribution < -0.4 is 10.2 Å². The number of hydrogen-bond acceptors (Lipinski definition) is 6. The summed E-state index contributed by atoms with van der Waals surface area (Å²) in [5, 5.41) is 12.6. The molecule has 1 aliphatic heterocycles. The molecule has 26 heavy (non-hydrogen) atoms. The minimum absolute atomic E-state index is 0.704. The average molecular weight is 346 g/mol. The zero-order valence-electron chi connectivity index (χ0n) is 14.1. The van der Waals surface area contributed by atoms with Crippen LogP contribution in [-0.2, 0) is 4.74 Å². The summed E-state index contributed by atoms with van der Waals surface area (Å²) in [7, 11) is 0. The van der Waals surface area contributed by atoms with E-state index in [1.54, 1.807) is 0 Å². The molecule has 0 spiro atoms. The van der Waals surface area contributed by atoms with E-state index in [1.165, 1.54) is 0 Å². The van der Waals surface area contributed by atoms with Gasteiger partial charge < -0.3 is 15.0 Å². The summed E-state index contributed by atoms with van der Waals surface area (Å²) in [6.07, 6.45) is 1.82. The van der Waals surface area contributed by atoms with Crippen molar-refractivity contribution in [2.75, 3.05) is 36.5 Å². The number of morpholine rings is 1. The highest BCUT2D eigenvalue weighted by Gasteiger charge is 2.16. The summed E-state index contributed by atoms with van der Waals surface area (Å²) in [4.78, 5) is 11.7. The van der Waals surface area contributed by atoms with Crippen molar-refractivity contribution in [3.05, 3.63) is 48.7 Å². The van der Waals surface area contributed by atoms with E-state index in [0.29, 0.717) is 13.2 Å². The molecule has 0 atom stereocenters. The lowest BCUT2D eigenvalue weighted by Gasteiger charge is -2.27. The van der Waals surface area contributed by atoms with Crippen LogP contribution in [0.3, 0.4) is 0 Å². The van der Waals surface area contributed by atoms with Crippen molar-refractivity contribution < 1.29 is 4.74 Å². The standard InChI is InChI=1S/C19H18N6O/c1-2-4-17-15(3-1)18(23-19(22-17)25-7-9-26-10-8-25)21-14-5-6-16-13(11-14)12-20-24-16/h1-6,11-12H,7-10H2,(H,20,24)(H,21,22,23). The molecular weight excluding hydrogens is 328 g/mol. The quantitative estimate of drug-likeness (QED) is 0.593. The number of benzene rings is 2. The first-order chi connectivity index (χ1) is 12.9. The second kappa shape index (κ2) is 6.27. The van der Waals surface area contributed by atoms with Crippen molar-refractivity contribution in [2.45, 2.75) is 0 Å². The van der Waals surface area contributed by atoms with Crippen LogP contribution in [0.1, 0.15) is 0 Å². The highest BCUT2D eigenvalue weighted by Crippen LogP contribution is 2.27. The van der Waals surface area contributed by atoms with Gasteiger partial charge in [0.2, 0.25) is 5.95 Å². The van der Waals surface area contributed by atoms with Crippen molar-refractivity contribution in [3.63, 3.8) is 0 Å². The molecule has 7 heteroatoms. The predicted octanol–water partition coefficient (Wildman–Crippen LogP) is 3.09. The van der Waals surface area contributed by atoms with Crippen LogP contribution in [0.2, 0.25) is 0 Å². The van der Waals surface area contributed by atoms with Gasteiger partial charge in [-0.3, -0.25) is 5.10 Å². The number of rotatable bonds is 3. The molecule has 7 nitrogen and oxygen atoms in total. The zero-order chi connectivity index (χ0) is 17.3. The van der Waals surface area contributed by atoms with Gasteiger partial charge in [0.1, 0.15) is 5.82 Å². The lowest BCUT2D eigenvalue weighted by atomic mass is 10.2. The number of anilines is 3. The molecule has 0 unspecified atom stereocenters. The molecule has 0 bridgehead atoms. The first kappa shape index (κ1) is 15.1. The lowest BCUT2D eigenvalue weighted by molar-refractivity contribution is 0.122. The second-order valence-electron chi connectivity index (χ2n) is 6.29. The summed E-state index contributed by atoms with van der Waals surface area (Å²) in [6.45, 7) is 3.02. The van der Waals surface area contributed by atoms with E-state index in [-0.39, 0.29) is 0 Å². The summed E-state index contributed by atoms with van der Waals surface area (Å²) in [5.41, 5.74) is 2.91. The van der Waals surface area contributed by atoms with Crippen LogP contribution in [0.15, 0.2) is 48.7 Å². The molecule has 0 saturated carbocycles. The molecule has 130 valence electrons. The number of nitrogens with zero attached hydrogens (tertiary/aromatic N) is 4. The molecule has 1 aliphatic rings. The Balaban J connectivity index is 1.58. The van der Waals surface area contributed by atoms with Crippen molar-refractivity contribution in [1.29, 1.82) is 0 Å². The summed E-state index contributed by atoms with van der Waals surface area (Å²) >= 11 is 0. The van der Waals surface area contributed by atoms with E-state index < -0.39 is 0 Å². The first-order valence-corrected chi connectivity index (χ1v) is 8.66. The number of hydrogen-bond donors (Lipinski definition) is 2. The third-order valence-corrected chi connectivity index (χ3v) is 4.59. The van der Waals surface area contributed by atoms with Crippen LogP contribution in [0.5, 0.6) is 0 Å². The molecular formula is C19H18N6O. The zero-order valence-corrected chi connectivity index (χ0v) is 14.1. The molecule has 2 aromatic carbocycles. The topological polar surface area (TPSA) is 79.0 Å². The summed E-state index contributed by atoms with van der Waals surface area (Å²) in [6, 6.07) is 14.2. The number of para-hydroxylation sites is 1. The lowest BCUT2D eigenvalue weighted by Crippen LogP contribution is -2.37. The number of aromatic nitrogens is 4. The molecule has 3 heterocycles. The minimum atomic E-state index is 0.704. The van der Waals surface area contributed by atoms with Crippen LogP contribution in [0, 0.1) is 0 Å². The number of nitrogens with one attached hydrogen (secondary N) is 2. The van der Waals surface area contributed by atoms with Crippen LogP contribution in [0.25, 0.3) is 21.8 Å². The Labute approximate surface area is 150 Å². The van der Waals surface area contributed by atoms with Crippen LogP contribution in [0.4, 0.5) is 17.5 Å². The Morgan fingerprint density at radius 1 is 1.04 bits per heavy atom. The maximum absolute atomic E-state index is 5.45. The Kier molecular flexibility index (Phi) is 3.64. The predicted molar refractivity (Wildman–Crippen MR) is 102 cm³/mol. The van der Waals surface area contributed by atoms with Gasteiger partial charge in [-0.05, 0) is 30.3 Å². The number of fused-ring (bicyclic) bond motifs is 2. The third-order valence-electron chi connectivity index (χ3n) is 4.59. The van der Waals surface area contributed by atoms with E-state index in [1.807, 2.05) is 42.6 Å². The largest absolute Gasteiger partial charge is 0.378 e. The molecule has 0 aliphatic carbocycles. The van der Waals surface area contributed by atoms with E-state index in [2.05, 4.69) is 26.5 Å². The molecule has 0 amide bonds. The average Bonchev–Trinajstić information content (AvgIpc) is 3.16. The minimum Gasteiger partial charge on any atom is -0.378 e. The molecule has 5 rings (SSSR count). The van der Waals surface area contributed by atoms with Crippen LogP contribution in [-0.4, -0.2) is 46.5 Å². The molecule has 2 aromatic heterocycles. The fraction of sp³-hybridized carbons (Fsp3) is 0.211. The van der Waals surface area contributed by atoms with Gasteiger partial charge in [-0.1, -0.05) is 12.1 Å². The Morgan fingerprint density at radius 3 is 2.85 bits per heavy atom. The maximum atomic E-state index is 5.45. The van der Waals surface area contributed by atoms with Crippen molar-refractivity contribution in [1.82, 2.24) is 20.2 Å². The summed E-state index contributed by atoms with van der Waals surface area (Å²) in [5.74, 6) is 1.54. The highest BCUT2D eigenvalue weighted by atomic mass is 16.5. The van der Waals surface area contributed by atoms with Crippen LogP contribution >= 0.6 is 0 Å². The van der Waals surface area contributed by atoms with Gasteiger partial charge in [0.15, 0.2) is 0 Å². The van der Waals surface area contributed by atoms with Gasteiger partial charge in [-0.25, -0.2) is 4.98 Å². The van der Waals surface area contributed by atoms with E-state index in [0.717, 1.165) is 52.3 Å². The smallest absolute Gasteiger partial charge is 0.228 e. The number of ether oxygens (including phenoxy) is 1. The summed E-state index contributed by atoms with van der Waals surface area (Å²) < 4.78 is 5.45. The van der Waals surface area contributed by atoms with E-state index in [4.69, 9.17) is 14.7 Å². The Bertz CT molecular complexity index is 1070. The van der Waals surface area contributed by atoms with Crippen molar-refractivity contribution in [2.24, 2.45) is 0 Å². The SMILES string of the molecule is c1ccc2c(Nc3ccc4[nH]ncc4c3)nc(N3CCOCC3)nc2c1. The van der Waals surface area contributed by atoms with Gasteiger partial charge in [0.05, 0.1) is 30.4 Å². The highest BCUT2D eigenvalue weighted by molar-refractivity contribution is 5.92. The van der Waals surface area contributed by atoms with Gasteiger partial charge >= 0.3 is 0 Å². The fourth-order valence-corrected chi connectivity index (χ4v) is 3.22. The van der Waals surface area contributed by atoms with Gasteiger partial charge in [-0.15, -0.1) is 0 Å². The molecule has 0 radical (unpaired) electrons. The third kappa shape index (κ3) is 2.72.